The smallest absolute Gasteiger partial charge is 0.255 e. The highest BCUT2D eigenvalue weighted by Crippen LogP contribution is 2.17. The van der Waals surface area contributed by atoms with Gasteiger partial charge in [-0.25, -0.2) is 13.1 Å². The van der Waals surface area contributed by atoms with E-state index in [2.05, 4.69) is 15.4 Å². The third-order valence-electron chi connectivity index (χ3n) is 4.55. The molecule has 8 nitrogen and oxygen atoms in total. The van der Waals surface area contributed by atoms with E-state index in [-0.39, 0.29) is 23.3 Å². The van der Waals surface area contributed by atoms with Crippen molar-refractivity contribution in [3.8, 4) is 5.75 Å². The van der Waals surface area contributed by atoms with Gasteiger partial charge in [-0.2, -0.15) is 11.8 Å². The Morgan fingerprint density at radius 1 is 1.10 bits per heavy atom. The Morgan fingerprint density at radius 2 is 1.77 bits per heavy atom. The molecule has 1 atom stereocenters. The van der Waals surface area contributed by atoms with Crippen LogP contribution in [0.4, 0.5) is 0 Å². The number of sulfonamides is 1. The zero-order valence-corrected chi connectivity index (χ0v) is 19.3. The maximum Gasteiger partial charge on any atom is 0.255 e. The van der Waals surface area contributed by atoms with Crippen molar-refractivity contribution < 1.29 is 22.7 Å². The largest absolute Gasteiger partial charge is 0.496 e. The molecule has 3 N–H and O–H groups in total. The molecule has 2 amide bonds. The van der Waals surface area contributed by atoms with Crippen LogP contribution in [0.1, 0.15) is 22.3 Å². The van der Waals surface area contributed by atoms with Crippen molar-refractivity contribution in [3.05, 3.63) is 59.7 Å². The maximum atomic E-state index is 12.7. The van der Waals surface area contributed by atoms with Gasteiger partial charge in [0.1, 0.15) is 11.8 Å². The molecule has 0 heterocycles. The van der Waals surface area contributed by atoms with Gasteiger partial charge in [-0.1, -0.05) is 24.3 Å². The summed E-state index contributed by atoms with van der Waals surface area (Å²) in [7, 11) is -0.685. The first-order valence-corrected chi connectivity index (χ1v) is 12.4. The fourth-order valence-corrected chi connectivity index (χ4v) is 3.99. The van der Waals surface area contributed by atoms with Crippen LogP contribution in [0.25, 0.3) is 0 Å². The molecule has 1 unspecified atom stereocenters. The van der Waals surface area contributed by atoms with E-state index in [0.29, 0.717) is 23.5 Å². The number of para-hydroxylation sites is 1. The Hall–Kier alpha value is -2.56. The summed E-state index contributed by atoms with van der Waals surface area (Å²) in [5, 5.41) is 5.59. The molecule has 0 aliphatic rings. The Labute approximate surface area is 187 Å². The number of ether oxygens (including phenoxy) is 1. The number of hydrogen-bond donors (Lipinski definition) is 3. The summed E-state index contributed by atoms with van der Waals surface area (Å²) in [4.78, 5) is 25.6. The molecule has 0 fully saturated rings. The quantitative estimate of drug-likeness (QED) is 0.466. The molecular formula is C21H27N3O5S2. The van der Waals surface area contributed by atoms with Crippen molar-refractivity contribution in [1.29, 1.82) is 0 Å². The van der Waals surface area contributed by atoms with Crippen molar-refractivity contribution in [2.24, 2.45) is 0 Å². The van der Waals surface area contributed by atoms with Crippen molar-refractivity contribution in [2.75, 3.05) is 26.2 Å². The Balaban J connectivity index is 2.05. The van der Waals surface area contributed by atoms with E-state index in [9.17, 15) is 18.0 Å². The molecule has 10 heteroatoms. The van der Waals surface area contributed by atoms with E-state index in [1.54, 1.807) is 48.2 Å². The highest BCUT2D eigenvalue weighted by molar-refractivity contribution is 7.98. The normalized spacial score (nSPS) is 12.1. The molecule has 0 aliphatic heterocycles. The van der Waals surface area contributed by atoms with Crippen LogP contribution in [-0.2, 0) is 21.4 Å². The topological polar surface area (TPSA) is 114 Å². The lowest BCUT2D eigenvalue weighted by Gasteiger charge is -2.19. The monoisotopic (exact) mass is 465 g/mol. The fourth-order valence-electron chi connectivity index (χ4n) is 2.79. The summed E-state index contributed by atoms with van der Waals surface area (Å²) in [6.07, 6.45) is 2.39. The van der Waals surface area contributed by atoms with Crippen LogP contribution in [0.2, 0.25) is 0 Å². The second kappa shape index (κ2) is 11.7. The number of rotatable bonds is 11. The standard InChI is InChI=1S/C21H27N3O5S2/c1-22-31(27,28)16-10-8-15(9-11-16)14-23-21(26)18(12-13-30-3)24-20(25)17-6-4-5-7-19(17)29-2/h4-11,18,22H,12-14H2,1-3H3,(H,23,26)(H,24,25). The van der Waals surface area contributed by atoms with Gasteiger partial charge in [-0.05, 0) is 55.3 Å². The summed E-state index contributed by atoms with van der Waals surface area (Å²) in [6, 6.07) is 12.3. The lowest BCUT2D eigenvalue weighted by Crippen LogP contribution is -2.47. The molecule has 2 aromatic rings. The summed E-state index contributed by atoms with van der Waals surface area (Å²) in [6.45, 7) is 0.207. The molecule has 2 rings (SSSR count). The average molecular weight is 466 g/mol. The SMILES string of the molecule is CNS(=O)(=O)c1ccc(CNC(=O)C(CCSC)NC(=O)c2ccccc2OC)cc1. The molecule has 2 aromatic carbocycles. The van der Waals surface area contributed by atoms with Crippen LogP contribution in [0.15, 0.2) is 53.4 Å². The Morgan fingerprint density at radius 3 is 2.39 bits per heavy atom. The first kappa shape index (κ1) is 24.7. The van der Waals surface area contributed by atoms with E-state index in [0.717, 1.165) is 5.56 Å². The van der Waals surface area contributed by atoms with Gasteiger partial charge in [-0.3, -0.25) is 9.59 Å². The second-order valence-electron chi connectivity index (χ2n) is 6.58. The summed E-state index contributed by atoms with van der Waals surface area (Å²) >= 11 is 1.58. The lowest BCUT2D eigenvalue weighted by atomic mass is 10.1. The minimum atomic E-state index is -3.51. The van der Waals surface area contributed by atoms with E-state index in [1.165, 1.54) is 26.3 Å². The van der Waals surface area contributed by atoms with Crippen LogP contribution in [0, 0.1) is 0 Å². The molecule has 0 spiro atoms. The van der Waals surface area contributed by atoms with Gasteiger partial charge >= 0.3 is 0 Å². The number of thioether (sulfide) groups is 1. The number of methoxy groups -OCH3 is 1. The molecule has 0 saturated carbocycles. The van der Waals surface area contributed by atoms with E-state index >= 15 is 0 Å². The summed E-state index contributed by atoms with van der Waals surface area (Å²) in [5.41, 5.74) is 1.09. The van der Waals surface area contributed by atoms with Gasteiger partial charge in [0.05, 0.1) is 17.6 Å². The van der Waals surface area contributed by atoms with Crippen molar-refractivity contribution in [2.45, 2.75) is 23.9 Å². The minimum absolute atomic E-state index is 0.145. The fraction of sp³-hybridized carbons (Fsp3) is 0.333. The average Bonchev–Trinajstić information content (AvgIpc) is 2.80. The van der Waals surface area contributed by atoms with Crippen molar-refractivity contribution in [3.63, 3.8) is 0 Å². The molecule has 168 valence electrons. The summed E-state index contributed by atoms with van der Waals surface area (Å²) < 4.78 is 31.1. The third-order valence-corrected chi connectivity index (χ3v) is 6.63. The minimum Gasteiger partial charge on any atom is -0.496 e. The van der Waals surface area contributed by atoms with Gasteiger partial charge in [-0.15, -0.1) is 0 Å². The van der Waals surface area contributed by atoms with Gasteiger partial charge < -0.3 is 15.4 Å². The molecular weight excluding hydrogens is 438 g/mol. The molecule has 0 aromatic heterocycles. The molecule has 0 bridgehead atoms. The molecule has 0 radical (unpaired) electrons. The number of nitrogens with one attached hydrogen (secondary N) is 3. The maximum absolute atomic E-state index is 12.7. The first-order chi connectivity index (χ1) is 14.8. The Kier molecular flexibility index (Phi) is 9.35. The number of amides is 2. The third kappa shape index (κ3) is 6.98. The van der Waals surface area contributed by atoms with Gasteiger partial charge in [0, 0.05) is 6.54 Å². The second-order valence-corrected chi connectivity index (χ2v) is 9.45. The number of hydrogen-bond acceptors (Lipinski definition) is 6. The van der Waals surface area contributed by atoms with Crippen LogP contribution in [0.3, 0.4) is 0 Å². The van der Waals surface area contributed by atoms with Crippen molar-refractivity contribution in [1.82, 2.24) is 15.4 Å². The number of carbonyl (C=O) groups is 2. The molecule has 0 saturated heterocycles. The van der Waals surface area contributed by atoms with Gasteiger partial charge in [0.15, 0.2) is 0 Å². The van der Waals surface area contributed by atoms with Crippen molar-refractivity contribution >= 4 is 33.6 Å². The van der Waals surface area contributed by atoms with Crippen LogP contribution >= 0.6 is 11.8 Å². The van der Waals surface area contributed by atoms with Gasteiger partial charge in [0.25, 0.3) is 5.91 Å². The highest BCUT2D eigenvalue weighted by atomic mass is 32.2. The molecule has 0 aliphatic carbocycles. The lowest BCUT2D eigenvalue weighted by molar-refractivity contribution is -0.123. The van der Waals surface area contributed by atoms with E-state index in [4.69, 9.17) is 4.74 Å². The number of benzene rings is 2. The predicted molar refractivity (Wildman–Crippen MR) is 122 cm³/mol. The van der Waals surface area contributed by atoms with Crippen LogP contribution < -0.4 is 20.1 Å². The Bertz CT molecular complexity index is 994. The van der Waals surface area contributed by atoms with E-state index in [1.807, 2.05) is 6.26 Å². The van der Waals surface area contributed by atoms with E-state index < -0.39 is 16.1 Å². The zero-order chi connectivity index (χ0) is 22.9. The van der Waals surface area contributed by atoms with Crippen LogP contribution in [-0.4, -0.2) is 52.4 Å². The summed E-state index contributed by atoms with van der Waals surface area (Å²) in [5.74, 6) is 0.422. The number of carbonyl (C=O) groups excluding carboxylic acids is 2. The highest BCUT2D eigenvalue weighted by Gasteiger charge is 2.22. The molecule has 31 heavy (non-hydrogen) atoms. The van der Waals surface area contributed by atoms with Gasteiger partial charge in [0.2, 0.25) is 15.9 Å². The van der Waals surface area contributed by atoms with Crippen LogP contribution in [0.5, 0.6) is 5.75 Å². The first-order valence-electron chi connectivity index (χ1n) is 9.55. The zero-order valence-electron chi connectivity index (χ0n) is 17.7. The predicted octanol–water partition coefficient (Wildman–Crippen LogP) is 1.77.